The van der Waals surface area contributed by atoms with Crippen LogP contribution >= 0.6 is 0 Å². The van der Waals surface area contributed by atoms with Crippen LogP contribution in [-0.2, 0) is 4.74 Å². The van der Waals surface area contributed by atoms with Gasteiger partial charge in [-0.1, -0.05) is 19.1 Å². The molecule has 0 fully saturated rings. The van der Waals surface area contributed by atoms with E-state index in [4.69, 9.17) is 15.2 Å². The summed E-state index contributed by atoms with van der Waals surface area (Å²) in [6.45, 7) is 6.68. The fraction of sp³-hybridized carbons (Fsp3) is 0.600. The minimum atomic E-state index is -0.520. The molecule has 1 rings (SSSR count). The van der Waals surface area contributed by atoms with Gasteiger partial charge in [-0.05, 0) is 38.0 Å². The van der Waals surface area contributed by atoms with Gasteiger partial charge in [-0.3, -0.25) is 0 Å². The van der Waals surface area contributed by atoms with Gasteiger partial charge in [0.15, 0.2) is 0 Å². The van der Waals surface area contributed by atoms with E-state index in [1.807, 2.05) is 31.2 Å². The van der Waals surface area contributed by atoms with Gasteiger partial charge in [-0.2, -0.15) is 0 Å². The highest BCUT2D eigenvalue weighted by molar-refractivity contribution is 5.30. The van der Waals surface area contributed by atoms with Gasteiger partial charge >= 0.3 is 0 Å². The van der Waals surface area contributed by atoms with E-state index >= 15 is 0 Å². The molecule has 0 saturated heterocycles. The Morgan fingerprint density at radius 2 is 2.05 bits per heavy atom. The van der Waals surface area contributed by atoms with Crippen molar-refractivity contribution in [2.75, 3.05) is 13.2 Å². The van der Waals surface area contributed by atoms with Crippen molar-refractivity contribution >= 4 is 0 Å². The molecule has 3 unspecified atom stereocenters. The van der Waals surface area contributed by atoms with Crippen LogP contribution in [0, 0.1) is 0 Å². The van der Waals surface area contributed by atoms with E-state index in [9.17, 15) is 5.11 Å². The number of aliphatic hydroxyl groups excluding tert-OH is 1. The normalized spacial score (nSPS) is 15.8. The van der Waals surface area contributed by atoms with Crippen LogP contribution in [0.25, 0.3) is 0 Å². The number of hydrogen-bond acceptors (Lipinski definition) is 4. The van der Waals surface area contributed by atoms with Crippen LogP contribution in [0.1, 0.15) is 38.9 Å². The number of benzene rings is 1. The molecule has 0 saturated carbocycles. The van der Waals surface area contributed by atoms with Crippen molar-refractivity contribution in [2.24, 2.45) is 5.73 Å². The van der Waals surface area contributed by atoms with Crippen LogP contribution in [0.3, 0.4) is 0 Å². The molecule has 0 radical (unpaired) electrons. The van der Waals surface area contributed by atoms with Crippen LogP contribution in [0.4, 0.5) is 0 Å². The van der Waals surface area contributed by atoms with Crippen LogP contribution in [0.15, 0.2) is 24.3 Å². The maximum Gasteiger partial charge on any atom is 0.119 e. The minimum absolute atomic E-state index is 0.227. The first-order valence-corrected chi connectivity index (χ1v) is 6.84. The third-order valence-electron chi connectivity index (χ3n) is 2.98. The Morgan fingerprint density at radius 3 is 2.63 bits per heavy atom. The standard InChI is InChI=1S/C15H25NO3/c1-4-8-18-14-7-5-6-13(9-14)15(10-16)19-12(3)11(2)17/h5-7,9,11-12,15,17H,4,8,10,16H2,1-3H3. The first kappa shape index (κ1) is 16.0. The van der Waals surface area contributed by atoms with Crippen molar-refractivity contribution in [3.63, 3.8) is 0 Å². The summed E-state index contributed by atoms with van der Waals surface area (Å²) in [6.07, 6.45) is -0.0303. The summed E-state index contributed by atoms with van der Waals surface area (Å²) in [4.78, 5) is 0. The molecule has 0 aromatic heterocycles. The number of ether oxygens (including phenoxy) is 2. The third-order valence-corrected chi connectivity index (χ3v) is 2.98. The van der Waals surface area contributed by atoms with Crippen molar-refractivity contribution in [3.05, 3.63) is 29.8 Å². The lowest BCUT2D eigenvalue weighted by atomic mass is 10.1. The zero-order valence-corrected chi connectivity index (χ0v) is 12.0. The molecular formula is C15H25NO3. The Labute approximate surface area is 115 Å². The quantitative estimate of drug-likeness (QED) is 0.758. The maximum atomic E-state index is 9.49. The maximum absolute atomic E-state index is 9.49. The highest BCUT2D eigenvalue weighted by Gasteiger charge is 2.17. The molecule has 0 bridgehead atoms. The van der Waals surface area contributed by atoms with Gasteiger partial charge in [0.2, 0.25) is 0 Å². The van der Waals surface area contributed by atoms with Gasteiger partial charge in [-0.25, -0.2) is 0 Å². The zero-order chi connectivity index (χ0) is 14.3. The van der Waals surface area contributed by atoms with E-state index in [1.54, 1.807) is 6.92 Å². The molecule has 0 heterocycles. The molecule has 0 aliphatic carbocycles. The summed E-state index contributed by atoms with van der Waals surface area (Å²) in [5.74, 6) is 0.825. The lowest BCUT2D eigenvalue weighted by Gasteiger charge is -2.23. The second kappa shape index (κ2) is 8.15. The van der Waals surface area contributed by atoms with Crippen molar-refractivity contribution in [2.45, 2.75) is 45.5 Å². The largest absolute Gasteiger partial charge is 0.494 e. The molecule has 0 spiro atoms. The topological polar surface area (TPSA) is 64.7 Å². The van der Waals surface area contributed by atoms with Crippen LogP contribution in [-0.4, -0.2) is 30.5 Å². The monoisotopic (exact) mass is 267 g/mol. The fourth-order valence-electron chi connectivity index (χ4n) is 1.67. The number of aliphatic hydroxyl groups is 1. The molecular weight excluding hydrogens is 242 g/mol. The second-order valence-electron chi connectivity index (χ2n) is 4.73. The summed E-state index contributed by atoms with van der Waals surface area (Å²) in [5.41, 5.74) is 6.73. The van der Waals surface area contributed by atoms with E-state index in [2.05, 4.69) is 6.92 Å². The predicted octanol–water partition coefficient (Wildman–Crippen LogP) is 2.26. The molecule has 1 aromatic rings. The molecule has 3 atom stereocenters. The predicted molar refractivity (Wildman–Crippen MR) is 76.3 cm³/mol. The van der Waals surface area contributed by atoms with E-state index < -0.39 is 6.10 Å². The minimum Gasteiger partial charge on any atom is -0.494 e. The van der Waals surface area contributed by atoms with E-state index in [-0.39, 0.29) is 12.2 Å². The van der Waals surface area contributed by atoms with E-state index in [1.165, 1.54) is 0 Å². The van der Waals surface area contributed by atoms with Gasteiger partial charge in [-0.15, -0.1) is 0 Å². The van der Waals surface area contributed by atoms with Gasteiger partial charge in [0.05, 0.1) is 24.9 Å². The molecule has 4 nitrogen and oxygen atoms in total. The van der Waals surface area contributed by atoms with Gasteiger partial charge < -0.3 is 20.3 Å². The number of hydrogen-bond donors (Lipinski definition) is 2. The Kier molecular flexibility index (Phi) is 6.84. The molecule has 4 heteroatoms. The Balaban J connectivity index is 2.74. The van der Waals surface area contributed by atoms with Gasteiger partial charge in [0.1, 0.15) is 5.75 Å². The molecule has 0 aliphatic heterocycles. The van der Waals surface area contributed by atoms with Crippen molar-refractivity contribution in [3.8, 4) is 5.75 Å². The average Bonchev–Trinajstić information content (AvgIpc) is 2.42. The summed E-state index contributed by atoms with van der Waals surface area (Å²) < 4.78 is 11.4. The van der Waals surface area contributed by atoms with Crippen LogP contribution in [0.2, 0.25) is 0 Å². The van der Waals surface area contributed by atoms with Gasteiger partial charge in [0.25, 0.3) is 0 Å². The van der Waals surface area contributed by atoms with Crippen molar-refractivity contribution in [1.29, 1.82) is 0 Å². The fourth-order valence-corrected chi connectivity index (χ4v) is 1.67. The van der Waals surface area contributed by atoms with Gasteiger partial charge in [0, 0.05) is 6.54 Å². The Hall–Kier alpha value is -1.10. The van der Waals surface area contributed by atoms with Crippen LogP contribution in [0.5, 0.6) is 5.75 Å². The molecule has 108 valence electrons. The summed E-state index contributed by atoms with van der Waals surface area (Å²) >= 11 is 0. The SMILES string of the molecule is CCCOc1cccc(C(CN)OC(C)C(C)O)c1. The first-order chi connectivity index (χ1) is 9.08. The highest BCUT2D eigenvalue weighted by atomic mass is 16.5. The van der Waals surface area contributed by atoms with E-state index in [0.717, 1.165) is 17.7 Å². The lowest BCUT2D eigenvalue weighted by molar-refractivity contribution is -0.0592. The summed E-state index contributed by atoms with van der Waals surface area (Å²) in [5, 5.41) is 9.49. The smallest absolute Gasteiger partial charge is 0.119 e. The number of rotatable bonds is 8. The Morgan fingerprint density at radius 1 is 1.32 bits per heavy atom. The molecule has 0 aliphatic rings. The Bertz CT molecular complexity index is 368. The molecule has 19 heavy (non-hydrogen) atoms. The van der Waals surface area contributed by atoms with Crippen molar-refractivity contribution < 1.29 is 14.6 Å². The average molecular weight is 267 g/mol. The summed E-state index contributed by atoms with van der Waals surface area (Å²) in [7, 11) is 0. The first-order valence-electron chi connectivity index (χ1n) is 6.84. The highest BCUT2D eigenvalue weighted by Crippen LogP contribution is 2.23. The summed E-state index contributed by atoms with van der Waals surface area (Å²) in [6, 6.07) is 7.76. The molecule has 0 amide bonds. The lowest BCUT2D eigenvalue weighted by Crippen LogP contribution is -2.28. The second-order valence-corrected chi connectivity index (χ2v) is 4.73. The van der Waals surface area contributed by atoms with Crippen molar-refractivity contribution in [1.82, 2.24) is 0 Å². The molecule has 1 aromatic carbocycles. The zero-order valence-electron chi connectivity index (χ0n) is 12.0. The molecule has 3 N–H and O–H groups in total. The van der Waals surface area contributed by atoms with Crippen LogP contribution < -0.4 is 10.5 Å². The third kappa shape index (κ3) is 5.19. The van der Waals surface area contributed by atoms with E-state index in [0.29, 0.717) is 13.2 Å². The number of nitrogens with two attached hydrogens (primary N) is 1.